The van der Waals surface area contributed by atoms with Crippen LogP contribution >= 0.6 is 0 Å². The lowest BCUT2D eigenvalue weighted by Gasteiger charge is -2.27. The van der Waals surface area contributed by atoms with Gasteiger partial charge in [-0.05, 0) is 37.3 Å². The zero-order valence-electron chi connectivity index (χ0n) is 10.4. The van der Waals surface area contributed by atoms with Gasteiger partial charge >= 0.3 is 5.97 Å². The van der Waals surface area contributed by atoms with E-state index in [9.17, 15) is 9.18 Å². The minimum atomic E-state index is -1.14. The van der Waals surface area contributed by atoms with Crippen molar-refractivity contribution in [2.24, 2.45) is 5.92 Å². The first-order valence-corrected chi connectivity index (χ1v) is 6.25. The number of hydrogen-bond acceptors (Lipinski definition) is 2. The van der Waals surface area contributed by atoms with Crippen LogP contribution < -0.4 is 4.74 Å². The number of carbonyl (C=O) groups is 1. The van der Waals surface area contributed by atoms with E-state index in [1.165, 1.54) is 18.6 Å². The van der Waals surface area contributed by atoms with E-state index in [2.05, 4.69) is 6.92 Å². The number of hydrogen-bond donors (Lipinski definition) is 1. The van der Waals surface area contributed by atoms with Crippen molar-refractivity contribution in [2.45, 2.75) is 38.7 Å². The quantitative estimate of drug-likeness (QED) is 0.895. The Morgan fingerprint density at radius 1 is 1.39 bits per heavy atom. The number of carboxylic acid groups (broad SMARTS) is 1. The van der Waals surface area contributed by atoms with E-state index >= 15 is 0 Å². The van der Waals surface area contributed by atoms with Crippen molar-refractivity contribution in [3.63, 3.8) is 0 Å². The van der Waals surface area contributed by atoms with Crippen LogP contribution in [0.15, 0.2) is 18.2 Å². The van der Waals surface area contributed by atoms with Crippen LogP contribution in [0.3, 0.4) is 0 Å². The third kappa shape index (κ3) is 3.22. The molecule has 2 rings (SSSR count). The lowest BCUT2D eigenvalue weighted by Crippen LogP contribution is -2.24. The minimum absolute atomic E-state index is 0.0668. The summed E-state index contributed by atoms with van der Waals surface area (Å²) in [5.74, 6) is -0.798. The number of aromatic carboxylic acids is 1. The average Bonchev–Trinajstić information content (AvgIpc) is 2.28. The summed E-state index contributed by atoms with van der Waals surface area (Å²) in [5, 5.41) is 8.86. The molecule has 1 aromatic rings. The summed E-state index contributed by atoms with van der Waals surface area (Å²) < 4.78 is 19.0. The lowest BCUT2D eigenvalue weighted by atomic mass is 9.89. The molecule has 1 aliphatic carbocycles. The van der Waals surface area contributed by atoms with Gasteiger partial charge in [-0.1, -0.05) is 13.3 Å². The van der Waals surface area contributed by atoms with Crippen LogP contribution in [0.25, 0.3) is 0 Å². The third-order valence-corrected chi connectivity index (χ3v) is 3.31. The fraction of sp³-hybridized carbons (Fsp3) is 0.500. The number of rotatable bonds is 3. The molecule has 0 bridgehead atoms. The normalized spacial score (nSPS) is 23.7. The zero-order valence-corrected chi connectivity index (χ0v) is 10.4. The van der Waals surface area contributed by atoms with Crippen molar-refractivity contribution in [1.29, 1.82) is 0 Å². The zero-order chi connectivity index (χ0) is 13.1. The predicted octanol–water partition coefficient (Wildman–Crippen LogP) is 3.48. The highest BCUT2D eigenvalue weighted by Gasteiger charge is 2.20. The van der Waals surface area contributed by atoms with Gasteiger partial charge in [-0.3, -0.25) is 0 Å². The molecule has 0 radical (unpaired) electrons. The number of benzene rings is 1. The Morgan fingerprint density at radius 3 is 2.83 bits per heavy atom. The highest BCUT2D eigenvalue weighted by Crippen LogP contribution is 2.28. The highest BCUT2D eigenvalue weighted by molar-refractivity contribution is 5.88. The van der Waals surface area contributed by atoms with Crippen LogP contribution in [0.1, 0.15) is 43.0 Å². The molecular weight excluding hydrogens is 235 g/mol. The van der Waals surface area contributed by atoms with Crippen molar-refractivity contribution in [3.05, 3.63) is 29.6 Å². The largest absolute Gasteiger partial charge is 0.490 e. The Labute approximate surface area is 106 Å². The molecule has 1 saturated carbocycles. The Balaban J connectivity index is 2.10. The van der Waals surface area contributed by atoms with Crippen molar-refractivity contribution in [1.82, 2.24) is 0 Å². The molecule has 1 aromatic carbocycles. The Bertz CT molecular complexity index is 445. The second-order valence-corrected chi connectivity index (χ2v) is 4.99. The molecule has 0 aromatic heterocycles. The van der Waals surface area contributed by atoms with Gasteiger partial charge in [0.15, 0.2) is 0 Å². The van der Waals surface area contributed by atoms with Crippen molar-refractivity contribution < 1.29 is 19.0 Å². The number of carboxylic acids is 1. The monoisotopic (exact) mass is 252 g/mol. The van der Waals surface area contributed by atoms with Crippen molar-refractivity contribution in [3.8, 4) is 5.75 Å². The molecule has 1 aliphatic rings. The summed E-state index contributed by atoms with van der Waals surface area (Å²) in [6.07, 6.45) is 4.26. The molecule has 2 atom stereocenters. The fourth-order valence-corrected chi connectivity index (χ4v) is 2.43. The summed E-state index contributed by atoms with van der Waals surface area (Å²) in [5.41, 5.74) is -0.0751. The van der Waals surface area contributed by atoms with Gasteiger partial charge in [0.05, 0.1) is 11.7 Å². The topological polar surface area (TPSA) is 46.5 Å². The first-order valence-electron chi connectivity index (χ1n) is 6.25. The first kappa shape index (κ1) is 12.9. The van der Waals surface area contributed by atoms with Crippen LogP contribution in [0.4, 0.5) is 4.39 Å². The summed E-state index contributed by atoms with van der Waals surface area (Å²) >= 11 is 0. The minimum Gasteiger partial charge on any atom is -0.490 e. The fourth-order valence-electron chi connectivity index (χ4n) is 2.43. The van der Waals surface area contributed by atoms with E-state index in [0.717, 1.165) is 25.3 Å². The lowest BCUT2D eigenvalue weighted by molar-refractivity contribution is 0.0694. The summed E-state index contributed by atoms with van der Waals surface area (Å²) in [7, 11) is 0. The summed E-state index contributed by atoms with van der Waals surface area (Å²) in [6.45, 7) is 2.17. The van der Waals surface area contributed by atoms with Gasteiger partial charge in [-0.15, -0.1) is 0 Å². The molecule has 0 aliphatic heterocycles. The van der Waals surface area contributed by atoms with Gasteiger partial charge < -0.3 is 9.84 Å². The molecule has 2 unspecified atom stereocenters. The molecule has 1 N–H and O–H groups in total. The molecule has 0 spiro atoms. The second kappa shape index (κ2) is 5.38. The van der Waals surface area contributed by atoms with Crippen LogP contribution in [0.2, 0.25) is 0 Å². The molecule has 4 heteroatoms. The summed E-state index contributed by atoms with van der Waals surface area (Å²) in [6, 6.07) is 3.62. The first-order chi connectivity index (χ1) is 8.54. The van der Waals surface area contributed by atoms with E-state index in [-0.39, 0.29) is 11.7 Å². The molecule has 98 valence electrons. The molecule has 1 fully saturated rings. The van der Waals surface area contributed by atoms with Crippen molar-refractivity contribution >= 4 is 5.97 Å². The van der Waals surface area contributed by atoms with Crippen molar-refractivity contribution in [2.75, 3.05) is 0 Å². The molecular formula is C14H17FO3. The van der Waals surface area contributed by atoms with E-state index < -0.39 is 11.8 Å². The molecule has 3 nitrogen and oxygen atoms in total. The molecule has 0 amide bonds. The molecule has 0 saturated heterocycles. The summed E-state index contributed by atoms with van der Waals surface area (Å²) in [4.78, 5) is 10.8. The van der Waals surface area contributed by atoms with E-state index in [4.69, 9.17) is 9.84 Å². The van der Waals surface area contributed by atoms with Crippen LogP contribution in [0.5, 0.6) is 5.75 Å². The van der Waals surface area contributed by atoms with Gasteiger partial charge in [0.1, 0.15) is 11.6 Å². The van der Waals surface area contributed by atoms with Gasteiger partial charge in [0, 0.05) is 6.07 Å². The average molecular weight is 252 g/mol. The predicted molar refractivity (Wildman–Crippen MR) is 65.4 cm³/mol. The number of halogens is 1. The molecule has 0 heterocycles. The van der Waals surface area contributed by atoms with E-state index in [0.29, 0.717) is 11.7 Å². The molecule has 18 heavy (non-hydrogen) atoms. The van der Waals surface area contributed by atoms with E-state index in [1.54, 1.807) is 0 Å². The van der Waals surface area contributed by atoms with Gasteiger partial charge in [0.2, 0.25) is 0 Å². The van der Waals surface area contributed by atoms with Gasteiger partial charge in [0.25, 0.3) is 0 Å². The van der Waals surface area contributed by atoms with Crippen LogP contribution in [-0.2, 0) is 0 Å². The highest BCUT2D eigenvalue weighted by atomic mass is 19.1. The Hall–Kier alpha value is -1.58. The maximum atomic E-state index is 13.3. The maximum Gasteiger partial charge on any atom is 0.335 e. The maximum absolute atomic E-state index is 13.3. The van der Waals surface area contributed by atoms with Gasteiger partial charge in [-0.2, -0.15) is 0 Å². The Morgan fingerprint density at radius 2 is 2.17 bits per heavy atom. The van der Waals surface area contributed by atoms with E-state index in [1.807, 2.05) is 0 Å². The van der Waals surface area contributed by atoms with Crippen LogP contribution in [-0.4, -0.2) is 17.2 Å². The van der Waals surface area contributed by atoms with Crippen LogP contribution in [0, 0.1) is 11.7 Å². The van der Waals surface area contributed by atoms with Gasteiger partial charge in [-0.25, -0.2) is 9.18 Å². The smallest absolute Gasteiger partial charge is 0.335 e. The second-order valence-electron chi connectivity index (χ2n) is 4.99. The third-order valence-electron chi connectivity index (χ3n) is 3.31. The SMILES string of the molecule is CC1CCCC(Oc2cc(F)cc(C(=O)O)c2)C1. The Kier molecular flexibility index (Phi) is 3.84. The number of ether oxygens (including phenoxy) is 1. The standard InChI is InChI=1S/C14H17FO3/c1-9-3-2-4-12(5-9)18-13-7-10(14(16)17)6-11(15)8-13/h6-9,12H,2-5H2,1H3,(H,16,17).